The molecule has 0 bridgehead atoms. The van der Waals surface area contributed by atoms with Crippen LogP contribution >= 0.6 is 11.6 Å². The molecule has 1 N–H and O–H groups in total. The van der Waals surface area contributed by atoms with Crippen molar-refractivity contribution >= 4 is 23.3 Å². The molecular formula is C19H14ClF2N3O. The molecule has 1 fully saturated rings. The highest BCUT2D eigenvalue weighted by Crippen LogP contribution is 2.49. The molecule has 1 amide bonds. The van der Waals surface area contributed by atoms with Gasteiger partial charge in [0.05, 0.1) is 16.1 Å². The highest BCUT2D eigenvalue weighted by Gasteiger charge is 2.52. The first kappa shape index (κ1) is 16.7. The summed E-state index contributed by atoms with van der Waals surface area (Å²) in [4.78, 5) is 12.7. The van der Waals surface area contributed by atoms with Crippen LogP contribution in [-0.2, 0) is 10.2 Å². The van der Waals surface area contributed by atoms with Crippen molar-refractivity contribution < 1.29 is 13.6 Å². The summed E-state index contributed by atoms with van der Waals surface area (Å²) < 4.78 is 28.8. The lowest BCUT2D eigenvalue weighted by Crippen LogP contribution is -2.29. The highest BCUT2D eigenvalue weighted by atomic mass is 35.5. The Kier molecular flexibility index (Phi) is 4.00. The Morgan fingerprint density at radius 2 is 1.88 bits per heavy atom. The van der Waals surface area contributed by atoms with Crippen LogP contribution in [0.3, 0.4) is 0 Å². The molecule has 0 saturated heterocycles. The summed E-state index contributed by atoms with van der Waals surface area (Å²) in [5.41, 5.74) is 0.128. The zero-order valence-electron chi connectivity index (χ0n) is 13.5. The van der Waals surface area contributed by atoms with E-state index in [0.29, 0.717) is 29.9 Å². The van der Waals surface area contributed by atoms with Crippen molar-refractivity contribution in [3.05, 3.63) is 76.9 Å². The molecule has 4 rings (SSSR count). The molecule has 0 spiro atoms. The fourth-order valence-electron chi connectivity index (χ4n) is 2.99. The topological polar surface area (TPSA) is 46.9 Å². The minimum atomic E-state index is -0.839. The van der Waals surface area contributed by atoms with Gasteiger partial charge in [-0.2, -0.15) is 5.10 Å². The SMILES string of the molecule is O=C(Nc1ccn(-c2ccc(F)c(Cl)c2)n1)C1(c2ccccc2F)CC1. The number of hydrogen-bond acceptors (Lipinski definition) is 2. The molecule has 0 atom stereocenters. The van der Waals surface area contributed by atoms with E-state index in [-0.39, 0.29) is 16.7 Å². The molecule has 0 unspecified atom stereocenters. The van der Waals surface area contributed by atoms with E-state index in [2.05, 4.69) is 10.4 Å². The molecule has 0 radical (unpaired) electrons. The van der Waals surface area contributed by atoms with Crippen LogP contribution in [0.1, 0.15) is 18.4 Å². The van der Waals surface area contributed by atoms with Crippen LogP contribution in [0.25, 0.3) is 5.69 Å². The normalized spacial score (nSPS) is 14.9. The van der Waals surface area contributed by atoms with Crippen LogP contribution in [-0.4, -0.2) is 15.7 Å². The maximum atomic E-state index is 14.1. The second-order valence-electron chi connectivity index (χ2n) is 6.26. The fourth-order valence-corrected chi connectivity index (χ4v) is 3.17. The van der Waals surface area contributed by atoms with E-state index in [4.69, 9.17) is 11.6 Å². The predicted molar refractivity (Wildman–Crippen MR) is 94.5 cm³/mol. The predicted octanol–water partition coefficient (Wildman–Crippen LogP) is 4.47. The Morgan fingerprint density at radius 1 is 1.12 bits per heavy atom. The number of carbonyl (C=O) groups is 1. The van der Waals surface area contributed by atoms with Crippen LogP contribution in [0.2, 0.25) is 5.02 Å². The number of carbonyl (C=O) groups excluding carboxylic acids is 1. The minimum Gasteiger partial charge on any atom is -0.308 e. The van der Waals surface area contributed by atoms with E-state index in [0.717, 1.165) is 0 Å². The Balaban J connectivity index is 1.55. The van der Waals surface area contributed by atoms with E-state index in [1.54, 1.807) is 30.5 Å². The molecule has 4 nitrogen and oxygen atoms in total. The average Bonchev–Trinajstić information content (AvgIpc) is 3.31. The summed E-state index contributed by atoms with van der Waals surface area (Å²) >= 11 is 5.78. The molecule has 1 aliphatic carbocycles. The Hall–Kier alpha value is -2.73. The molecule has 7 heteroatoms. The third-order valence-electron chi connectivity index (χ3n) is 4.57. The highest BCUT2D eigenvalue weighted by molar-refractivity contribution is 6.30. The monoisotopic (exact) mass is 373 g/mol. The summed E-state index contributed by atoms with van der Waals surface area (Å²) in [5, 5.41) is 6.99. The summed E-state index contributed by atoms with van der Waals surface area (Å²) in [6.07, 6.45) is 2.81. The van der Waals surface area contributed by atoms with Gasteiger partial charge in [0.1, 0.15) is 11.6 Å². The molecule has 1 saturated carbocycles. The van der Waals surface area contributed by atoms with Crippen molar-refractivity contribution in [2.24, 2.45) is 0 Å². The third-order valence-corrected chi connectivity index (χ3v) is 4.86. The number of nitrogens with one attached hydrogen (secondary N) is 1. The minimum absolute atomic E-state index is 0.0138. The van der Waals surface area contributed by atoms with E-state index in [1.807, 2.05) is 0 Å². The largest absolute Gasteiger partial charge is 0.308 e. The Morgan fingerprint density at radius 3 is 2.58 bits per heavy atom. The van der Waals surface area contributed by atoms with Gasteiger partial charge in [0.25, 0.3) is 0 Å². The van der Waals surface area contributed by atoms with Crippen LogP contribution in [0.15, 0.2) is 54.7 Å². The molecule has 0 aliphatic heterocycles. The zero-order valence-corrected chi connectivity index (χ0v) is 14.3. The maximum absolute atomic E-state index is 14.1. The Bertz CT molecular complexity index is 998. The second-order valence-corrected chi connectivity index (χ2v) is 6.67. The first-order chi connectivity index (χ1) is 12.5. The van der Waals surface area contributed by atoms with E-state index in [9.17, 15) is 13.6 Å². The van der Waals surface area contributed by atoms with Crippen molar-refractivity contribution in [2.45, 2.75) is 18.3 Å². The lowest BCUT2D eigenvalue weighted by molar-refractivity contribution is -0.118. The van der Waals surface area contributed by atoms with Crippen LogP contribution in [0.5, 0.6) is 0 Å². The van der Waals surface area contributed by atoms with Crippen molar-refractivity contribution in [3.8, 4) is 5.69 Å². The fraction of sp³-hybridized carbons (Fsp3) is 0.158. The van der Waals surface area contributed by atoms with Gasteiger partial charge in [-0.25, -0.2) is 13.5 Å². The van der Waals surface area contributed by atoms with Gasteiger partial charge in [-0.05, 0) is 37.1 Å². The molecule has 1 heterocycles. The molecule has 1 aliphatic rings. The number of amides is 1. The van der Waals surface area contributed by atoms with E-state index >= 15 is 0 Å². The second kappa shape index (κ2) is 6.21. The van der Waals surface area contributed by atoms with Crippen LogP contribution in [0.4, 0.5) is 14.6 Å². The summed E-state index contributed by atoms with van der Waals surface area (Å²) in [6, 6.07) is 12.2. The van der Waals surface area contributed by atoms with E-state index < -0.39 is 11.2 Å². The molecular weight excluding hydrogens is 360 g/mol. The lowest BCUT2D eigenvalue weighted by Gasteiger charge is -2.15. The molecule has 26 heavy (non-hydrogen) atoms. The molecule has 132 valence electrons. The Labute approximate surface area is 153 Å². The lowest BCUT2D eigenvalue weighted by atomic mass is 9.94. The van der Waals surface area contributed by atoms with Gasteiger partial charge in [-0.15, -0.1) is 0 Å². The van der Waals surface area contributed by atoms with Crippen molar-refractivity contribution in [1.82, 2.24) is 9.78 Å². The number of halogens is 3. The van der Waals surface area contributed by atoms with Gasteiger partial charge in [0.15, 0.2) is 5.82 Å². The number of rotatable bonds is 4. The zero-order chi connectivity index (χ0) is 18.3. The van der Waals surface area contributed by atoms with Gasteiger partial charge >= 0.3 is 0 Å². The molecule has 2 aromatic carbocycles. The van der Waals surface area contributed by atoms with Gasteiger partial charge in [0.2, 0.25) is 5.91 Å². The summed E-state index contributed by atoms with van der Waals surface area (Å²) in [6.45, 7) is 0. The molecule has 3 aromatic rings. The van der Waals surface area contributed by atoms with Crippen molar-refractivity contribution in [1.29, 1.82) is 0 Å². The first-order valence-electron chi connectivity index (χ1n) is 8.07. The summed E-state index contributed by atoms with van der Waals surface area (Å²) in [7, 11) is 0. The average molecular weight is 374 g/mol. The standard InChI is InChI=1S/C19H14ClF2N3O/c20-14-11-12(5-6-16(14)22)25-10-7-17(24-25)23-18(26)19(8-9-19)13-3-1-2-4-15(13)21/h1-7,10-11H,8-9H2,(H,23,24,26). The van der Waals surface area contributed by atoms with E-state index in [1.165, 1.54) is 28.9 Å². The maximum Gasteiger partial charge on any atom is 0.236 e. The number of anilines is 1. The van der Waals surface area contributed by atoms with Gasteiger partial charge < -0.3 is 5.32 Å². The van der Waals surface area contributed by atoms with Crippen molar-refractivity contribution in [3.63, 3.8) is 0 Å². The van der Waals surface area contributed by atoms with Crippen molar-refractivity contribution in [2.75, 3.05) is 5.32 Å². The van der Waals surface area contributed by atoms with Gasteiger partial charge in [-0.3, -0.25) is 4.79 Å². The number of nitrogens with zero attached hydrogens (tertiary/aromatic N) is 2. The molecule has 1 aromatic heterocycles. The number of hydrogen-bond donors (Lipinski definition) is 1. The summed E-state index contributed by atoms with van der Waals surface area (Å²) in [5.74, 6) is -0.855. The third kappa shape index (κ3) is 2.86. The van der Waals surface area contributed by atoms with Crippen LogP contribution < -0.4 is 5.32 Å². The quantitative estimate of drug-likeness (QED) is 0.733. The van der Waals surface area contributed by atoms with Crippen LogP contribution in [0, 0.1) is 11.6 Å². The smallest absolute Gasteiger partial charge is 0.236 e. The first-order valence-corrected chi connectivity index (χ1v) is 8.45. The van der Waals surface area contributed by atoms with Gasteiger partial charge in [-0.1, -0.05) is 29.8 Å². The van der Waals surface area contributed by atoms with Gasteiger partial charge in [0, 0.05) is 17.8 Å². The number of aromatic nitrogens is 2. The number of benzene rings is 2.